The van der Waals surface area contributed by atoms with Gasteiger partial charge in [0.05, 0.1) is 0 Å². The summed E-state index contributed by atoms with van der Waals surface area (Å²) in [5, 5.41) is 3.24. The number of halogens is 1. The number of nitrogens with one attached hydrogen (secondary N) is 1. The molecule has 0 amide bonds. The molecule has 1 N–H and O–H groups in total. The van der Waals surface area contributed by atoms with Crippen LogP contribution in [-0.2, 0) is 0 Å². The van der Waals surface area contributed by atoms with Crippen LogP contribution in [0.25, 0.3) is 0 Å². The number of hydrogen-bond acceptors (Lipinski definition) is 2. The zero-order chi connectivity index (χ0) is 11.8. The monoisotopic (exact) mass is 228 g/mol. The van der Waals surface area contributed by atoms with Gasteiger partial charge < -0.3 is 10.2 Å². The van der Waals surface area contributed by atoms with Gasteiger partial charge in [0.15, 0.2) is 0 Å². The molecule has 0 aliphatic carbocycles. The first-order chi connectivity index (χ1) is 7.76. The smallest absolute Gasteiger partial charge is 0.114 e. The Balaban J connectivity index is 2.10. The van der Waals surface area contributed by atoms with Gasteiger partial charge in [0.2, 0.25) is 0 Å². The Morgan fingerprint density at radius 3 is 2.88 bits per heavy atom. The summed E-state index contributed by atoms with van der Waals surface area (Å²) < 4.78 is 12.9. The first-order valence-electron chi connectivity index (χ1n) is 6.47. The molecule has 1 fully saturated rings. The van der Waals surface area contributed by atoms with Gasteiger partial charge in [-0.05, 0) is 45.3 Å². The van der Waals surface area contributed by atoms with E-state index in [0.717, 1.165) is 32.5 Å². The van der Waals surface area contributed by atoms with E-state index >= 15 is 0 Å². The predicted octanol–water partition coefficient (Wildman–Crippen LogP) is 2.36. The molecule has 0 aromatic carbocycles. The molecule has 1 rings (SSSR count). The number of nitrogens with zero attached hydrogens (tertiary/aromatic N) is 1. The maximum Gasteiger partial charge on any atom is 0.114 e. The lowest BCUT2D eigenvalue weighted by molar-refractivity contribution is 0.267. The second-order valence-corrected chi connectivity index (χ2v) is 4.59. The Morgan fingerprint density at radius 1 is 1.50 bits per heavy atom. The molecule has 0 radical (unpaired) electrons. The molecule has 0 spiro atoms. The van der Waals surface area contributed by atoms with E-state index < -0.39 is 6.17 Å². The van der Waals surface area contributed by atoms with Crippen molar-refractivity contribution in [1.82, 2.24) is 10.2 Å². The molecule has 16 heavy (non-hydrogen) atoms. The highest BCUT2D eigenvalue weighted by Crippen LogP contribution is 2.13. The Labute approximate surface area is 98.9 Å². The highest BCUT2D eigenvalue weighted by Gasteiger charge is 2.23. The molecule has 3 heteroatoms. The van der Waals surface area contributed by atoms with Crippen molar-refractivity contribution in [1.29, 1.82) is 0 Å². The number of rotatable bonds is 8. The van der Waals surface area contributed by atoms with Crippen LogP contribution in [0.3, 0.4) is 0 Å². The predicted molar refractivity (Wildman–Crippen MR) is 67.5 cm³/mol. The average molecular weight is 228 g/mol. The third kappa shape index (κ3) is 5.08. The molecule has 0 aromatic heterocycles. The topological polar surface area (TPSA) is 15.3 Å². The highest BCUT2D eigenvalue weighted by atomic mass is 19.1. The minimum absolute atomic E-state index is 0.392. The molecule has 2 nitrogen and oxygen atoms in total. The molecule has 94 valence electrons. The Morgan fingerprint density at radius 2 is 2.31 bits per heavy atom. The van der Waals surface area contributed by atoms with Crippen LogP contribution in [0.4, 0.5) is 4.39 Å². The fourth-order valence-corrected chi connectivity index (χ4v) is 2.22. The number of hydrogen-bond donors (Lipinski definition) is 1. The largest absolute Gasteiger partial charge is 0.311 e. The zero-order valence-electron chi connectivity index (χ0n) is 10.4. The Hall–Kier alpha value is -0.410. The van der Waals surface area contributed by atoms with E-state index in [9.17, 15) is 4.39 Å². The molecule has 2 atom stereocenters. The second kappa shape index (κ2) is 7.80. The zero-order valence-corrected chi connectivity index (χ0v) is 10.4. The van der Waals surface area contributed by atoms with Crippen LogP contribution in [0.1, 0.15) is 32.6 Å². The molecular formula is C13H25FN2. The normalized spacial score (nSPS) is 25.2. The van der Waals surface area contributed by atoms with E-state index in [0.29, 0.717) is 19.0 Å². The third-order valence-corrected chi connectivity index (χ3v) is 3.29. The van der Waals surface area contributed by atoms with Crippen molar-refractivity contribution >= 4 is 0 Å². The van der Waals surface area contributed by atoms with E-state index in [-0.39, 0.29) is 0 Å². The SMILES string of the molecule is C=CCCCN(CC)CCC1CC(F)CN1. The van der Waals surface area contributed by atoms with Crippen LogP contribution in [0.2, 0.25) is 0 Å². The lowest BCUT2D eigenvalue weighted by atomic mass is 10.1. The van der Waals surface area contributed by atoms with E-state index in [1.165, 1.54) is 6.42 Å². The van der Waals surface area contributed by atoms with Gasteiger partial charge in [0.1, 0.15) is 6.17 Å². The van der Waals surface area contributed by atoms with Gasteiger partial charge in [-0.15, -0.1) is 6.58 Å². The van der Waals surface area contributed by atoms with Crippen molar-refractivity contribution in [2.24, 2.45) is 0 Å². The second-order valence-electron chi connectivity index (χ2n) is 4.59. The van der Waals surface area contributed by atoms with Crippen molar-refractivity contribution < 1.29 is 4.39 Å². The van der Waals surface area contributed by atoms with Gasteiger partial charge in [-0.1, -0.05) is 13.0 Å². The van der Waals surface area contributed by atoms with Crippen LogP contribution < -0.4 is 5.32 Å². The van der Waals surface area contributed by atoms with Gasteiger partial charge in [-0.2, -0.15) is 0 Å². The lowest BCUT2D eigenvalue weighted by Crippen LogP contribution is -2.31. The van der Waals surface area contributed by atoms with Gasteiger partial charge >= 0.3 is 0 Å². The van der Waals surface area contributed by atoms with Crippen LogP contribution >= 0.6 is 0 Å². The van der Waals surface area contributed by atoms with Gasteiger partial charge in [-0.3, -0.25) is 0 Å². The average Bonchev–Trinajstić information content (AvgIpc) is 2.69. The maximum atomic E-state index is 12.9. The highest BCUT2D eigenvalue weighted by molar-refractivity contribution is 4.82. The molecule has 0 saturated carbocycles. The van der Waals surface area contributed by atoms with Crippen molar-refractivity contribution in [2.45, 2.75) is 44.8 Å². The fourth-order valence-electron chi connectivity index (χ4n) is 2.22. The fraction of sp³-hybridized carbons (Fsp3) is 0.846. The van der Waals surface area contributed by atoms with Crippen LogP contribution in [0.5, 0.6) is 0 Å². The summed E-state index contributed by atoms with van der Waals surface area (Å²) in [6.45, 7) is 9.77. The standard InChI is InChI=1S/C13H25FN2/c1-3-5-6-8-16(4-2)9-7-13-10-12(14)11-15-13/h3,12-13,15H,1,4-11H2,2H3. The summed E-state index contributed by atoms with van der Waals surface area (Å²) >= 11 is 0. The summed E-state index contributed by atoms with van der Waals surface area (Å²) in [6, 6.07) is 0.392. The van der Waals surface area contributed by atoms with Gasteiger partial charge in [-0.25, -0.2) is 4.39 Å². The summed E-state index contributed by atoms with van der Waals surface area (Å²) in [6.07, 6.45) is 5.39. The molecule has 1 heterocycles. The third-order valence-electron chi connectivity index (χ3n) is 3.29. The minimum Gasteiger partial charge on any atom is -0.311 e. The van der Waals surface area contributed by atoms with Crippen molar-refractivity contribution in [3.8, 4) is 0 Å². The molecule has 1 aliphatic rings. The van der Waals surface area contributed by atoms with Crippen molar-refractivity contribution in [3.63, 3.8) is 0 Å². The lowest BCUT2D eigenvalue weighted by Gasteiger charge is -2.21. The Kier molecular flexibility index (Phi) is 6.65. The van der Waals surface area contributed by atoms with E-state index in [1.54, 1.807) is 0 Å². The maximum absolute atomic E-state index is 12.9. The van der Waals surface area contributed by atoms with E-state index in [2.05, 4.69) is 23.7 Å². The molecule has 1 saturated heterocycles. The molecular weight excluding hydrogens is 203 g/mol. The summed E-state index contributed by atoms with van der Waals surface area (Å²) in [7, 11) is 0. The number of unbranched alkanes of at least 4 members (excludes halogenated alkanes) is 1. The molecule has 0 aromatic rings. The van der Waals surface area contributed by atoms with Crippen molar-refractivity contribution in [2.75, 3.05) is 26.2 Å². The van der Waals surface area contributed by atoms with Gasteiger partial charge in [0, 0.05) is 12.6 Å². The summed E-state index contributed by atoms with van der Waals surface area (Å²) in [5.74, 6) is 0. The van der Waals surface area contributed by atoms with Crippen LogP contribution in [0, 0.1) is 0 Å². The number of allylic oxidation sites excluding steroid dienone is 1. The molecule has 1 aliphatic heterocycles. The van der Waals surface area contributed by atoms with Crippen molar-refractivity contribution in [3.05, 3.63) is 12.7 Å². The van der Waals surface area contributed by atoms with Crippen LogP contribution in [0.15, 0.2) is 12.7 Å². The molecule has 0 bridgehead atoms. The Bertz CT molecular complexity index is 196. The van der Waals surface area contributed by atoms with Gasteiger partial charge in [0.25, 0.3) is 0 Å². The quantitative estimate of drug-likeness (QED) is 0.507. The van der Waals surface area contributed by atoms with Crippen LogP contribution in [-0.4, -0.2) is 43.3 Å². The summed E-state index contributed by atoms with van der Waals surface area (Å²) in [4.78, 5) is 2.44. The van der Waals surface area contributed by atoms with E-state index in [4.69, 9.17) is 0 Å². The number of alkyl halides is 1. The minimum atomic E-state index is -0.624. The van der Waals surface area contributed by atoms with E-state index in [1.807, 2.05) is 6.08 Å². The molecule has 2 unspecified atom stereocenters. The summed E-state index contributed by atoms with van der Waals surface area (Å²) in [5.41, 5.74) is 0. The first-order valence-corrected chi connectivity index (χ1v) is 6.47. The first kappa shape index (κ1) is 13.7.